The first-order valence-electron chi connectivity index (χ1n) is 8.23. The summed E-state index contributed by atoms with van der Waals surface area (Å²) in [5.74, 6) is 1.56. The van der Waals surface area contributed by atoms with Crippen LogP contribution >= 0.6 is 23.1 Å². The van der Waals surface area contributed by atoms with E-state index in [0.717, 1.165) is 0 Å². The average Bonchev–Trinajstić information content (AvgIpc) is 3.25. The predicted molar refractivity (Wildman–Crippen MR) is 108 cm³/mol. The summed E-state index contributed by atoms with van der Waals surface area (Å²) >= 11 is 2.44. The van der Waals surface area contributed by atoms with E-state index in [1.54, 1.807) is 51.3 Å². The van der Waals surface area contributed by atoms with E-state index in [9.17, 15) is 9.59 Å². The smallest absolute Gasteiger partial charge is 0.261 e. The highest BCUT2D eigenvalue weighted by atomic mass is 32.2. The van der Waals surface area contributed by atoms with E-state index >= 15 is 0 Å². The molecular weight excluding hydrogens is 400 g/mol. The van der Waals surface area contributed by atoms with Crippen molar-refractivity contribution in [2.75, 3.05) is 23.5 Å². The highest BCUT2D eigenvalue weighted by molar-refractivity contribution is 8.01. The van der Waals surface area contributed by atoms with Gasteiger partial charge in [0.2, 0.25) is 11.0 Å². The van der Waals surface area contributed by atoms with Crippen LogP contribution in [0.4, 0.5) is 10.8 Å². The van der Waals surface area contributed by atoms with Crippen LogP contribution < -0.4 is 15.4 Å². The van der Waals surface area contributed by atoms with Crippen LogP contribution in [0.25, 0.3) is 0 Å². The van der Waals surface area contributed by atoms with Crippen LogP contribution in [-0.2, 0) is 4.79 Å². The van der Waals surface area contributed by atoms with Crippen LogP contribution in [0.5, 0.6) is 5.75 Å². The van der Waals surface area contributed by atoms with E-state index < -0.39 is 0 Å². The molecule has 0 unspecified atom stereocenters. The molecule has 8 nitrogen and oxygen atoms in total. The van der Waals surface area contributed by atoms with Crippen molar-refractivity contribution < 1.29 is 18.7 Å². The number of hydrogen-bond donors (Lipinski definition) is 2. The fourth-order valence-corrected chi connectivity index (χ4v) is 3.91. The topological polar surface area (TPSA) is 106 Å². The summed E-state index contributed by atoms with van der Waals surface area (Å²) in [5, 5.41) is 13.8. The summed E-state index contributed by atoms with van der Waals surface area (Å²) in [5.41, 5.74) is 1.11. The maximum Gasteiger partial charge on any atom is 0.261 e. The summed E-state index contributed by atoms with van der Waals surface area (Å²) in [6, 6.07) is 8.78. The van der Waals surface area contributed by atoms with Gasteiger partial charge in [-0.3, -0.25) is 14.9 Å². The maximum absolute atomic E-state index is 12.3. The minimum atomic E-state index is -0.308. The number of methoxy groups -OCH3 is 1. The zero-order chi connectivity index (χ0) is 20.1. The molecule has 1 aromatic carbocycles. The Hall–Kier alpha value is -2.85. The maximum atomic E-state index is 12.3. The normalized spacial score (nSPS) is 10.5. The van der Waals surface area contributed by atoms with Crippen molar-refractivity contribution in [2.45, 2.75) is 18.2 Å². The van der Waals surface area contributed by atoms with Gasteiger partial charge in [-0.1, -0.05) is 29.2 Å². The Morgan fingerprint density at radius 1 is 1.21 bits per heavy atom. The number of carbonyl (C=O) groups excluding carboxylic acids is 2. The Labute approximate surface area is 169 Å². The summed E-state index contributed by atoms with van der Waals surface area (Å²) < 4.78 is 11.1. The van der Waals surface area contributed by atoms with Gasteiger partial charge in [0, 0.05) is 11.8 Å². The Morgan fingerprint density at radius 2 is 2.04 bits per heavy atom. The van der Waals surface area contributed by atoms with Crippen molar-refractivity contribution >= 4 is 45.7 Å². The van der Waals surface area contributed by atoms with Crippen LogP contribution in [0.15, 0.2) is 39.1 Å². The molecule has 0 saturated carbocycles. The molecule has 0 saturated heterocycles. The molecule has 0 fully saturated rings. The summed E-state index contributed by atoms with van der Waals surface area (Å²) in [4.78, 5) is 24.4. The predicted octanol–water partition coefficient (Wildman–Crippen LogP) is 3.74. The third-order valence-electron chi connectivity index (χ3n) is 3.59. The van der Waals surface area contributed by atoms with E-state index in [1.807, 2.05) is 0 Å². The van der Waals surface area contributed by atoms with Crippen molar-refractivity contribution in [1.82, 2.24) is 10.2 Å². The number of nitrogens with one attached hydrogen (secondary N) is 2. The van der Waals surface area contributed by atoms with E-state index in [2.05, 4.69) is 20.8 Å². The molecular formula is C18H18N4O4S2. The fourth-order valence-electron chi connectivity index (χ4n) is 2.36. The Balaban J connectivity index is 1.52. The number of ether oxygens (including phenoxy) is 1. The molecule has 0 radical (unpaired) electrons. The number of nitrogens with zero attached hydrogens (tertiary/aromatic N) is 2. The van der Waals surface area contributed by atoms with Crippen molar-refractivity contribution in [1.29, 1.82) is 0 Å². The van der Waals surface area contributed by atoms with Crippen molar-refractivity contribution in [3.8, 4) is 5.75 Å². The zero-order valence-corrected chi connectivity index (χ0v) is 17.1. The Morgan fingerprint density at radius 3 is 2.75 bits per heavy atom. The molecule has 2 aromatic heterocycles. The fraction of sp³-hybridized carbons (Fsp3) is 0.222. The number of hydrogen-bond acceptors (Lipinski definition) is 8. The summed E-state index contributed by atoms with van der Waals surface area (Å²) in [6.07, 6.45) is 0. The van der Waals surface area contributed by atoms with Gasteiger partial charge < -0.3 is 14.5 Å². The van der Waals surface area contributed by atoms with Crippen molar-refractivity contribution in [3.05, 3.63) is 47.4 Å². The lowest BCUT2D eigenvalue weighted by atomic mass is 10.2. The number of rotatable bonds is 7. The second kappa shape index (κ2) is 8.89. The number of amides is 2. The van der Waals surface area contributed by atoms with Gasteiger partial charge in [-0.15, -0.1) is 10.2 Å². The van der Waals surface area contributed by atoms with Gasteiger partial charge in [0.25, 0.3) is 5.91 Å². The monoisotopic (exact) mass is 418 g/mol. The molecule has 0 atom stereocenters. The first-order valence-corrected chi connectivity index (χ1v) is 10.0. The molecule has 146 valence electrons. The quantitative estimate of drug-likeness (QED) is 0.445. The second-order valence-corrected chi connectivity index (χ2v) is 7.92. The number of furan rings is 1. The second-order valence-electron chi connectivity index (χ2n) is 5.72. The minimum absolute atomic E-state index is 0.166. The molecule has 0 aliphatic rings. The number of aryl methyl sites for hydroxylation is 2. The number of thioether (sulfide) groups is 1. The molecule has 0 aliphatic carbocycles. The minimum Gasteiger partial charge on any atom is -0.497 e. The first-order chi connectivity index (χ1) is 13.4. The molecule has 0 spiro atoms. The van der Waals surface area contributed by atoms with Crippen molar-refractivity contribution in [3.63, 3.8) is 0 Å². The number of anilines is 2. The van der Waals surface area contributed by atoms with Gasteiger partial charge in [-0.2, -0.15) is 0 Å². The number of carbonyl (C=O) groups is 2. The van der Waals surface area contributed by atoms with Gasteiger partial charge in [0.05, 0.1) is 18.4 Å². The van der Waals surface area contributed by atoms with Crippen LogP contribution in [-0.4, -0.2) is 34.9 Å². The third kappa shape index (κ3) is 5.11. The molecule has 2 heterocycles. The lowest BCUT2D eigenvalue weighted by Gasteiger charge is -2.06. The first kappa shape index (κ1) is 19.9. The van der Waals surface area contributed by atoms with Gasteiger partial charge in [-0.25, -0.2) is 0 Å². The molecule has 10 heteroatoms. The van der Waals surface area contributed by atoms with E-state index in [4.69, 9.17) is 9.15 Å². The Kier molecular flexibility index (Phi) is 6.32. The summed E-state index contributed by atoms with van der Waals surface area (Å²) in [6.45, 7) is 3.50. The molecule has 2 amide bonds. The van der Waals surface area contributed by atoms with Gasteiger partial charge >= 0.3 is 0 Å². The van der Waals surface area contributed by atoms with Crippen LogP contribution in [0.1, 0.15) is 21.9 Å². The van der Waals surface area contributed by atoms with Crippen LogP contribution in [0, 0.1) is 13.8 Å². The van der Waals surface area contributed by atoms with Crippen molar-refractivity contribution in [2.24, 2.45) is 0 Å². The highest BCUT2D eigenvalue weighted by Crippen LogP contribution is 2.26. The molecule has 28 heavy (non-hydrogen) atoms. The largest absolute Gasteiger partial charge is 0.497 e. The highest BCUT2D eigenvalue weighted by Gasteiger charge is 2.16. The van der Waals surface area contributed by atoms with E-state index in [1.165, 1.54) is 23.1 Å². The molecule has 2 N–H and O–H groups in total. The lowest BCUT2D eigenvalue weighted by Crippen LogP contribution is -2.13. The molecule has 3 rings (SSSR count). The molecule has 0 aliphatic heterocycles. The Bertz CT molecular complexity index is 999. The van der Waals surface area contributed by atoms with E-state index in [-0.39, 0.29) is 17.6 Å². The number of benzene rings is 1. The SMILES string of the molecule is COc1cccc(NC(=O)CSc2nnc(NC(=O)c3cc(C)oc3C)s2)c1. The lowest BCUT2D eigenvalue weighted by molar-refractivity contribution is -0.113. The number of aromatic nitrogens is 2. The van der Waals surface area contributed by atoms with Crippen LogP contribution in [0.2, 0.25) is 0 Å². The third-order valence-corrected chi connectivity index (χ3v) is 5.56. The van der Waals surface area contributed by atoms with E-state index in [0.29, 0.717) is 38.0 Å². The van der Waals surface area contributed by atoms with Gasteiger partial charge in [-0.05, 0) is 32.0 Å². The molecule has 3 aromatic rings. The van der Waals surface area contributed by atoms with Gasteiger partial charge in [0.15, 0.2) is 4.34 Å². The summed E-state index contributed by atoms with van der Waals surface area (Å²) in [7, 11) is 1.57. The molecule has 0 bridgehead atoms. The zero-order valence-electron chi connectivity index (χ0n) is 15.4. The van der Waals surface area contributed by atoms with Crippen LogP contribution in [0.3, 0.4) is 0 Å². The average molecular weight is 419 g/mol. The standard InChI is InChI=1S/C18H18N4O4S2/c1-10-7-14(11(2)26-10)16(24)20-17-21-22-18(28-17)27-9-15(23)19-12-5-4-6-13(8-12)25-3/h4-8H,9H2,1-3H3,(H,19,23)(H,20,21,24). The van der Waals surface area contributed by atoms with Gasteiger partial charge in [0.1, 0.15) is 17.3 Å².